The van der Waals surface area contributed by atoms with E-state index in [1.54, 1.807) is 12.3 Å². The van der Waals surface area contributed by atoms with Crippen molar-refractivity contribution in [3.05, 3.63) is 36.7 Å². The monoisotopic (exact) mass is 295 g/mol. The minimum Gasteiger partial charge on any atom is -0.399 e. The summed E-state index contributed by atoms with van der Waals surface area (Å²) in [5.74, 6) is 0. The van der Waals surface area contributed by atoms with Crippen LogP contribution in [-0.2, 0) is 16.6 Å². The highest BCUT2D eigenvalue weighted by molar-refractivity contribution is 7.89. The molecule has 108 valence electrons. The average molecular weight is 295 g/mol. The average Bonchev–Trinajstić information content (AvgIpc) is 2.86. The molecule has 0 bridgehead atoms. The topological polar surface area (TPSA) is 116 Å². The van der Waals surface area contributed by atoms with E-state index < -0.39 is 10.0 Å². The summed E-state index contributed by atoms with van der Waals surface area (Å²) in [6.45, 7) is 1.46. The molecule has 0 amide bonds. The van der Waals surface area contributed by atoms with Crippen molar-refractivity contribution in [1.82, 2.24) is 9.78 Å². The number of benzene rings is 1. The summed E-state index contributed by atoms with van der Waals surface area (Å²) in [4.78, 5) is 0.00655. The second kappa shape index (κ2) is 5.93. The van der Waals surface area contributed by atoms with Gasteiger partial charge in [0, 0.05) is 36.9 Å². The second-order valence-corrected chi connectivity index (χ2v) is 5.95. The molecule has 0 saturated carbocycles. The number of sulfonamides is 1. The van der Waals surface area contributed by atoms with Gasteiger partial charge in [0.05, 0.1) is 4.90 Å². The Bertz CT molecular complexity index is 667. The lowest BCUT2D eigenvalue weighted by atomic mass is 10.2. The van der Waals surface area contributed by atoms with Crippen LogP contribution in [0.15, 0.2) is 41.6 Å². The summed E-state index contributed by atoms with van der Waals surface area (Å²) in [6.07, 6.45) is 4.46. The van der Waals surface area contributed by atoms with Crippen LogP contribution >= 0.6 is 0 Å². The minimum atomic E-state index is -3.75. The number of aryl methyl sites for hydroxylation is 1. The Balaban J connectivity index is 1.94. The molecule has 8 heteroatoms. The van der Waals surface area contributed by atoms with Crippen LogP contribution in [0, 0.1) is 0 Å². The lowest BCUT2D eigenvalue weighted by Crippen LogP contribution is -2.13. The first kappa shape index (κ1) is 14.4. The molecule has 0 aliphatic heterocycles. The van der Waals surface area contributed by atoms with Gasteiger partial charge in [-0.15, -0.1) is 0 Å². The van der Waals surface area contributed by atoms with E-state index in [2.05, 4.69) is 10.4 Å². The molecular weight excluding hydrogens is 278 g/mol. The maximum absolute atomic E-state index is 11.3. The van der Waals surface area contributed by atoms with Crippen molar-refractivity contribution < 1.29 is 8.42 Å². The Labute approximate surface area is 117 Å². The highest BCUT2D eigenvalue weighted by Gasteiger charge is 2.09. The van der Waals surface area contributed by atoms with E-state index in [-0.39, 0.29) is 4.90 Å². The summed E-state index contributed by atoms with van der Waals surface area (Å²) in [5.41, 5.74) is 6.65. The summed E-state index contributed by atoms with van der Waals surface area (Å²) >= 11 is 0. The van der Waals surface area contributed by atoms with E-state index in [9.17, 15) is 8.42 Å². The third-order valence-electron chi connectivity index (χ3n) is 2.71. The Hall–Kier alpha value is -2.06. The van der Waals surface area contributed by atoms with E-state index in [0.717, 1.165) is 13.0 Å². The lowest BCUT2D eigenvalue weighted by Gasteiger charge is -2.09. The zero-order valence-electron chi connectivity index (χ0n) is 10.9. The van der Waals surface area contributed by atoms with Crippen LogP contribution in [0.1, 0.15) is 6.42 Å². The van der Waals surface area contributed by atoms with Crippen LogP contribution in [0.5, 0.6) is 0 Å². The first-order valence-electron chi connectivity index (χ1n) is 6.10. The SMILES string of the molecule is Nc1cc(NCCCn2cccn2)cc(S(N)(=O)=O)c1. The maximum atomic E-state index is 11.3. The van der Waals surface area contributed by atoms with Gasteiger partial charge in [-0.25, -0.2) is 13.6 Å². The molecule has 0 fully saturated rings. The van der Waals surface area contributed by atoms with Crippen molar-refractivity contribution in [3.63, 3.8) is 0 Å². The van der Waals surface area contributed by atoms with Gasteiger partial charge in [0.2, 0.25) is 10.0 Å². The summed E-state index contributed by atoms with van der Waals surface area (Å²) in [5, 5.41) is 12.3. The molecule has 0 aliphatic rings. The summed E-state index contributed by atoms with van der Waals surface area (Å²) in [6, 6.07) is 6.34. The van der Waals surface area contributed by atoms with Gasteiger partial charge in [-0.2, -0.15) is 5.10 Å². The molecule has 0 saturated heterocycles. The number of primary sulfonamides is 1. The van der Waals surface area contributed by atoms with Crippen LogP contribution in [-0.4, -0.2) is 24.7 Å². The fourth-order valence-electron chi connectivity index (χ4n) is 1.79. The quantitative estimate of drug-likeness (QED) is 0.533. The summed E-state index contributed by atoms with van der Waals surface area (Å²) in [7, 11) is -3.75. The zero-order valence-corrected chi connectivity index (χ0v) is 11.7. The Kier molecular flexibility index (Phi) is 4.26. The van der Waals surface area contributed by atoms with Crippen molar-refractivity contribution in [2.75, 3.05) is 17.6 Å². The number of nitrogens with one attached hydrogen (secondary N) is 1. The number of rotatable bonds is 6. The molecule has 0 spiro atoms. The molecule has 1 aromatic heterocycles. The van der Waals surface area contributed by atoms with Crippen LogP contribution < -0.4 is 16.2 Å². The Morgan fingerprint density at radius 3 is 2.75 bits per heavy atom. The van der Waals surface area contributed by atoms with Gasteiger partial charge in [0.15, 0.2) is 0 Å². The smallest absolute Gasteiger partial charge is 0.238 e. The lowest BCUT2D eigenvalue weighted by molar-refractivity contribution is 0.591. The molecule has 0 aliphatic carbocycles. The Morgan fingerprint density at radius 1 is 1.30 bits per heavy atom. The van der Waals surface area contributed by atoms with E-state index in [4.69, 9.17) is 10.9 Å². The van der Waals surface area contributed by atoms with Crippen molar-refractivity contribution >= 4 is 21.4 Å². The molecular formula is C12H17N5O2S. The molecule has 20 heavy (non-hydrogen) atoms. The van der Waals surface area contributed by atoms with E-state index in [1.807, 2.05) is 16.9 Å². The van der Waals surface area contributed by atoms with Crippen LogP contribution in [0.25, 0.3) is 0 Å². The standard InChI is InChI=1S/C12H17N5O2S/c13-10-7-11(9-12(8-10)20(14,18)19)15-3-1-5-17-6-2-4-16-17/h2,4,6-9,15H,1,3,5,13H2,(H2,14,18,19). The molecule has 0 radical (unpaired) electrons. The van der Waals surface area contributed by atoms with Gasteiger partial charge in [0.25, 0.3) is 0 Å². The van der Waals surface area contributed by atoms with Gasteiger partial charge in [-0.05, 0) is 30.7 Å². The van der Waals surface area contributed by atoms with Gasteiger partial charge in [0.1, 0.15) is 0 Å². The van der Waals surface area contributed by atoms with Crippen molar-refractivity contribution in [1.29, 1.82) is 0 Å². The van der Waals surface area contributed by atoms with Crippen LogP contribution in [0.3, 0.4) is 0 Å². The first-order valence-corrected chi connectivity index (χ1v) is 7.64. The number of nitrogens with two attached hydrogens (primary N) is 2. The predicted molar refractivity (Wildman–Crippen MR) is 77.6 cm³/mol. The number of aromatic nitrogens is 2. The largest absolute Gasteiger partial charge is 0.399 e. The van der Waals surface area contributed by atoms with Crippen molar-refractivity contribution in [2.45, 2.75) is 17.9 Å². The third-order valence-corrected chi connectivity index (χ3v) is 3.60. The predicted octanol–water partition coefficient (Wildman–Crippen LogP) is 0.615. The summed E-state index contributed by atoms with van der Waals surface area (Å²) < 4.78 is 24.4. The van der Waals surface area contributed by atoms with Crippen LogP contribution in [0.4, 0.5) is 11.4 Å². The van der Waals surface area contributed by atoms with E-state index in [0.29, 0.717) is 17.9 Å². The highest BCUT2D eigenvalue weighted by atomic mass is 32.2. The molecule has 0 unspecified atom stereocenters. The molecule has 7 nitrogen and oxygen atoms in total. The van der Waals surface area contributed by atoms with Gasteiger partial charge >= 0.3 is 0 Å². The number of hydrogen-bond acceptors (Lipinski definition) is 5. The van der Waals surface area contributed by atoms with E-state index >= 15 is 0 Å². The fraction of sp³-hybridized carbons (Fsp3) is 0.250. The number of hydrogen-bond donors (Lipinski definition) is 3. The molecule has 1 aromatic carbocycles. The minimum absolute atomic E-state index is 0.00655. The molecule has 2 aromatic rings. The van der Waals surface area contributed by atoms with Crippen LogP contribution in [0.2, 0.25) is 0 Å². The fourth-order valence-corrected chi connectivity index (χ4v) is 2.39. The van der Waals surface area contributed by atoms with Gasteiger partial charge < -0.3 is 11.1 Å². The Morgan fingerprint density at radius 2 is 2.10 bits per heavy atom. The van der Waals surface area contributed by atoms with Gasteiger partial charge in [-0.1, -0.05) is 0 Å². The third kappa shape index (κ3) is 3.97. The highest BCUT2D eigenvalue weighted by Crippen LogP contribution is 2.19. The second-order valence-electron chi connectivity index (χ2n) is 4.39. The number of nitrogens with zero attached hydrogens (tertiary/aromatic N) is 2. The number of anilines is 2. The normalized spacial score (nSPS) is 11.4. The number of nitrogen functional groups attached to an aromatic ring is 1. The zero-order chi connectivity index (χ0) is 14.6. The van der Waals surface area contributed by atoms with Crippen molar-refractivity contribution in [3.8, 4) is 0 Å². The molecule has 0 atom stereocenters. The molecule has 1 heterocycles. The molecule has 2 rings (SSSR count). The van der Waals surface area contributed by atoms with E-state index in [1.165, 1.54) is 12.1 Å². The first-order chi connectivity index (χ1) is 9.45. The molecule has 5 N–H and O–H groups in total. The van der Waals surface area contributed by atoms with Gasteiger partial charge in [-0.3, -0.25) is 4.68 Å². The van der Waals surface area contributed by atoms with Crippen molar-refractivity contribution in [2.24, 2.45) is 5.14 Å². The maximum Gasteiger partial charge on any atom is 0.238 e.